The first-order valence-electron chi connectivity index (χ1n) is 11.0. The molecule has 2 N–H and O–H groups in total. The number of aromatic nitrogens is 6. The number of hydrogen-bond donors (Lipinski definition) is 2. The summed E-state index contributed by atoms with van der Waals surface area (Å²) in [4.78, 5) is 4.40. The molecule has 0 aliphatic carbocycles. The Labute approximate surface area is 204 Å². The highest BCUT2D eigenvalue weighted by molar-refractivity contribution is 7.49. The Kier molecular flexibility index (Phi) is 5.37. The van der Waals surface area contributed by atoms with Crippen molar-refractivity contribution in [2.75, 3.05) is 0 Å². The summed E-state index contributed by atoms with van der Waals surface area (Å²) in [6.07, 6.45) is 0.149. The lowest BCUT2D eigenvalue weighted by Crippen LogP contribution is -2.40. The van der Waals surface area contributed by atoms with E-state index in [0.29, 0.717) is 35.7 Å². The number of hydrogen-bond acceptors (Lipinski definition) is 9. The van der Waals surface area contributed by atoms with Gasteiger partial charge in [0.05, 0.1) is 12.3 Å². The van der Waals surface area contributed by atoms with Crippen LogP contribution in [0.1, 0.15) is 43.1 Å². The molecular formula is C22H20ClN6O5P. The Morgan fingerprint density at radius 2 is 1.91 bits per heavy atom. The Bertz CT molecular complexity index is 1430. The first-order chi connectivity index (χ1) is 17.0. The molecule has 0 amide bonds. The lowest BCUT2D eigenvalue weighted by Gasteiger charge is -2.41. The average Bonchev–Trinajstić information content (AvgIpc) is 3.46. The third-order valence-electron chi connectivity index (χ3n) is 6.03. The molecule has 0 saturated carbocycles. The first kappa shape index (κ1) is 22.5. The van der Waals surface area contributed by atoms with Gasteiger partial charge in [0.15, 0.2) is 17.2 Å². The summed E-state index contributed by atoms with van der Waals surface area (Å²) >= 11 is 6.35. The van der Waals surface area contributed by atoms with Crippen LogP contribution in [0.25, 0.3) is 22.5 Å². The van der Waals surface area contributed by atoms with Gasteiger partial charge in [0, 0.05) is 17.5 Å². The Hall–Kier alpha value is -2.92. The molecule has 35 heavy (non-hydrogen) atoms. The topological polar surface area (TPSA) is 137 Å². The van der Waals surface area contributed by atoms with Crippen molar-refractivity contribution in [3.8, 4) is 22.5 Å². The molecule has 2 bridgehead atoms. The summed E-state index contributed by atoms with van der Waals surface area (Å²) in [5.41, 5.74) is 3.60. The number of tetrazole rings is 1. The fourth-order valence-electron chi connectivity index (χ4n) is 4.54. The number of fused-ring (bicyclic) bond motifs is 1. The zero-order chi connectivity index (χ0) is 24.2. The summed E-state index contributed by atoms with van der Waals surface area (Å²) in [5.74, 6) is -0.538. The quantitative estimate of drug-likeness (QED) is 0.354. The van der Waals surface area contributed by atoms with Crippen LogP contribution in [-0.2, 0) is 30.5 Å². The number of phosphoric acid groups is 1. The fourth-order valence-corrected chi connectivity index (χ4v) is 6.40. The number of rotatable bonds is 6. The molecule has 4 aromatic rings. The van der Waals surface area contributed by atoms with E-state index in [0.717, 1.165) is 16.7 Å². The van der Waals surface area contributed by atoms with E-state index < -0.39 is 26.4 Å². The fraction of sp³-hybridized carbons (Fsp3) is 0.273. The normalized spacial score (nSPS) is 25.1. The maximum atomic E-state index is 13.1. The smallest absolute Gasteiger partial charge is 0.390 e. The summed E-state index contributed by atoms with van der Waals surface area (Å²) in [5, 5.41) is 24.4. The van der Waals surface area contributed by atoms with Gasteiger partial charge in [-0.05, 0) is 16.3 Å². The minimum atomic E-state index is -3.82. The van der Waals surface area contributed by atoms with Gasteiger partial charge in [0.2, 0.25) is 11.6 Å². The van der Waals surface area contributed by atoms with E-state index in [1.54, 1.807) is 4.57 Å². The number of H-pyrrole nitrogens is 1. The van der Waals surface area contributed by atoms with Gasteiger partial charge in [0.25, 0.3) is 0 Å². The van der Waals surface area contributed by atoms with Crippen LogP contribution in [-0.4, -0.2) is 35.3 Å². The van der Waals surface area contributed by atoms with Crippen LogP contribution in [0.3, 0.4) is 0 Å². The van der Waals surface area contributed by atoms with Gasteiger partial charge in [-0.3, -0.25) is 9.09 Å². The Morgan fingerprint density at radius 3 is 2.57 bits per heavy atom. The molecule has 5 heterocycles. The van der Waals surface area contributed by atoms with Crippen molar-refractivity contribution in [1.29, 1.82) is 0 Å². The van der Waals surface area contributed by atoms with E-state index in [-0.39, 0.29) is 5.15 Å². The predicted molar refractivity (Wildman–Crippen MR) is 124 cm³/mol. The summed E-state index contributed by atoms with van der Waals surface area (Å²) in [6.45, 7) is 1.55. The monoisotopic (exact) mass is 514 g/mol. The van der Waals surface area contributed by atoms with E-state index in [1.807, 2.05) is 55.5 Å². The lowest BCUT2D eigenvalue weighted by atomic mass is 9.98. The van der Waals surface area contributed by atoms with Crippen LogP contribution in [0.4, 0.5) is 0 Å². The highest BCUT2D eigenvalue weighted by Crippen LogP contribution is 2.73. The molecule has 3 aliphatic heterocycles. The molecule has 1 saturated heterocycles. The van der Waals surface area contributed by atoms with Crippen molar-refractivity contribution in [2.45, 2.75) is 38.4 Å². The van der Waals surface area contributed by atoms with Gasteiger partial charge < -0.3 is 5.11 Å². The number of imidazole rings is 1. The maximum Gasteiger partial charge on any atom is 0.482 e. The van der Waals surface area contributed by atoms with Crippen molar-refractivity contribution in [2.24, 2.45) is 0 Å². The molecule has 1 unspecified atom stereocenters. The average molecular weight is 515 g/mol. The van der Waals surface area contributed by atoms with E-state index in [9.17, 15) is 9.67 Å². The van der Waals surface area contributed by atoms with Crippen LogP contribution in [0.15, 0.2) is 48.5 Å². The third kappa shape index (κ3) is 3.55. The molecule has 0 radical (unpaired) electrons. The minimum Gasteiger partial charge on any atom is -0.390 e. The van der Waals surface area contributed by atoms with Gasteiger partial charge in [-0.25, -0.2) is 18.6 Å². The zero-order valence-electron chi connectivity index (χ0n) is 18.5. The molecule has 1 atom stereocenters. The van der Waals surface area contributed by atoms with Crippen LogP contribution in [0.5, 0.6) is 0 Å². The van der Waals surface area contributed by atoms with Crippen molar-refractivity contribution in [1.82, 2.24) is 30.2 Å². The second-order valence-corrected chi connectivity index (χ2v) is 10.0. The van der Waals surface area contributed by atoms with Crippen LogP contribution in [0, 0.1) is 0 Å². The molecule has 2 aromatic heterocycles. The van der Waals surface area contributed by atoms with E-state index in [4.69, 9.17) is 25.2 Å². The Balaban J connectivity index is 1.44. The number of aliphatic hydroxyl groups excluding tert-OH is 1. The first-order valence-corrected chi connectivity index (χ1v) is 12.8. The largest absolute Gasteiger partial charge is 0.482 e. The molecule has 11 nitrogen and oxygen atoms in total. The van der Waals surface area contributed by atoms with Gasteiger partial charge >= 0.3 is 7.82 Å². The third-order valence-corrected chi connectivity index (χ3v) is 7.83. The highest BCUT2D eigenvalue weighted by atomic mass is 35.5. The summed E-state index contributed by atoms with van der Waals surface area (Å²) in [6, 6.07) is 15.2. The number of nitrogens with one attached hydrogen (secondary N) is 1. The van der Waals surface area contributed by atoms with E-state index in [2.05, 4.69) is 25.6 Å². The number of nitrogens with zero attached hydrogens (tertiary/aromatic N) is 5. The van der Waals surface area contributed by atoms with Crippen LogP contribution < -0.4 is 0 Å². The number of aliphatic hydroxyl groups is 1. The van der Waals surface area contributed by atoms with Gasteiger partial charge in [-0.1, -0.05) is 73.5 Å². The summed E-state index contributed by atoms with van der Waals surface area (Å²) < 4.78 is 32.0. The number of benzene rings is 2. The molecule has 13 heteroatoms. The van der Waals surface area contributed by atoms with Gasteiger partial charge in [-0.15, -0.1) is 10.2 Å². The maximum absolute atomic E-state index is 13.1. The number of halogens is 1. The second kappa shape index (κ2) is 8.34. The molecule has 0 spiro atoms. The Morgan fingerprint density at radius 1 is 1.17 bits per heavy atom. The number of aromatic amines is 1. The molecule has 2 aromatic carbocycles. The molecular weight excluding hydrogens is 495 g/mol. The van der Waals surface area contributed by atoms with Gasteiger partial charge in [0.1, 0.15) is 0 Å². The van der Waals surface area contributed by atoms with Crippen LogP contribution in [0.2, 0.25) is 5.15 Å². The van der Waals surface area contributed by atoms with Crippen molar-refractivity contribution < 1.29 is 23.2 Å². The highest BCUT2D eigenvalue weighted by Gasteiger charge is 2.64. The zero-order valence-corrected chi connectivity index (χ0v) is 20.1. The van der Waals surface area contributed by atoms with Crippen molar-refractivity contribution in [3.63, 3.8) is 0 Å². The minimum absolute atomic E-state index is 0.105. The lowest BCUT2D eigenvalue weighted by molar-refractivity contribution is -0.233. The molecule has 7 rings (SSSR count). The van der Waals surface area contributed by atoms with Crippen molar-refractivity contribution in [3.05, 3.63) is 70.8 Å². The molecule has 3 aliphatic rings. The van der Waals surface area contributed by atoms with Crippen molar-refractivity contribution >= 4 is 19.4 Å². The number of phosphoric ester groups is 1. The van der Waals surface area contributed by atoms with Crippen LogP contribution >= 0.6 is 19.4 Å². The second-order valence-electron chi connectivity index (χ2n) is 8.19. The standard InChI is InChI=1S/C22H20ClN6O5P/c1-2-11-22-21-24-18(23)17(12-30)29(21)20(32-35(31,33-22)34-22)14-9-7-13(8-10-14)15-5-3-4-6-16(15)19-25-27-28-26-19/h3-10,20,30H,2,11-12H2,1H3,(H,25,26,27,28). The predicted octanol–water partition coefficient (Wildman–Crippen LogP) is 4.56. The molecule has 180 valence electrons. The van der Waals surface area contributed by atoms with Gasteiger partial charge in [-0.2, -0.15) is 5.21 Å². The van der Waals surface area contributed by atoms with E-state index >= 15 is 0 Å². The SMILES string of the molecule is CCCC12OP(=O)(OC(c3ccc(-c4ccccc4-c4nn[nH]n4)cc3)n3c1nc(Cl)c3CO)O2. The summed E-state index contributed by atoms with van der Waals surface area (Å²) in [7, 11) is -3.82. The molecule has 1 fully saturated rings. The van der Waals surface area contributed by atoms with E-state index in [1.165, 1.54) is 0 Å².